The summed E-state index contributed by atoms with van der Waals surface area (Å²) in [5.41, 5.74) is 4.60. The second kappa shape index (κ2) is 10.1. The summed E-state index contributed by atoms with van der Waals surface area (Å²) in [7, 11) is 0. The van der Waals surface area contributed by atoms with Crippen LogP contribution in [0.15, 0.2) is 53.1 Å². The number of aromatic carboxylic acids is 1. The number of nitrogens with one attached hydrogen (secondary N) is 1. The molecule has 1 aliphatic carbocycles. The van der Waals surface area contributed by atoms with Crippen LogP contribution in [0, 0.1) is 0 Å². The van der Waals surface area contributed by atoms with Gasteiger partial charge in [0.1, 0.15) is 0 Å². The monoisotopic (exact) mass is 456 g/mol. The largest absolute Gasteiger partial charge is 0.478 e. The lowest BCUT2D eigenvalue weighted by molar-refractivity contribution is 0.0697. The predicted molar refractivity (Wildman–Crippen MR) is 123 cm³/mol. The van der Waals surface area contributed by atoms with Crippen LogP contribution in [0.4, 0.5) is 0 Å². The maximum absolute atomic E-state index is 10.2. The van der Waals surface area contributed by atoms with Crippen molar-refractivity contribution in [2.24, 2.45) is 0 Å². The molecule has 0 fully saturated rings. The number of hydrogen-bond donors (Lipinski definition) is 2. The van der Waals surface area contributed by atoms with E-state index in [0.717, 1.165) is 0 Å². The summed E-state index contributed by atoms with van der Waals surface area (Å²) >= 11 is 3.75. The van der Waals surface area contributed by atoms with Gasteiger partial charge in [-0.15, -0.1) is 0 Å². The summed E-state index contributed by atoms with van der Waals surface area (Å²) in [6, 6.07) is 13.3. The van der Waals surface area contributed by atoms with Crippen molar-refractivity contribution in [3.05, 3.63) is 69.8 Å². The summed E-state index contributed by atoms with van der Waals surface area (Å²) in [4.78, 5) is 16.3. The van der Waals surface area contributed by atoms with Crippen LogP contribution in [-0.2, 0) is 12.8 Å². The lowest BCUT2D eigenvalue weighted by Gasteiger charge is -2.34. The molecule has 0 aliphatic heterocycles. The second-order valence-electron chi connectivity index (χ2n) is 7.53. The Morgan fingerprint density at radius 2 is 1.79 bits per heavy atom. The van der Waals surface area contributed by atoms with E-state index < -0.39 is 5.97 Å². The SMILES string of the molecule is CCCN(CCC)C1Cc2c[nH]c3ccc(Br)c(c23)C1.O=C(O)c1ccccc1. The summed E-state index contributed by atoms with van der Waals surface area (Å²) in [5, 5.41) is 9.85. The Hall–Kier alpha value is -2.11. The Balaban J connectivity index is 0.000000224. The van der Waals surface area contributed by atoms with Crippen molar-refractivity contribution in [3.8, 4) is 0 Å². The van der Waals surface area contributed by atoms with Crippen molar-refractivity contribution >= 4 is 32.8 Å². The maximum atomic E-state index is 10.2. The highest BCUT2D eigenvalue weighted by Crippen LogP contribution is 2.35. The van der Waals surface area contributed by atoms with Crippen LogP contribution in [0.25, 0.3) is 10.9 Å². The predicted octanol–water partition coefficient (Wildman–Crippen LogP) is 5.90. The Bertz CT molecular complexity index is 946. The second-order valence-corrected chi connectivity index (χ2v) is 8.39. The quantitative estimate of drug-likeness (QED) is 0.484. The molecular weight excluding hydrogens is 428 g/mol. The van der Waals surface area contributed by atoms with Crippen LogP contribution in [0.1, 0.15) is 48.2 Å². The van der Waals surface area contributed by atoms with Crippen molar-refractivity contribution in [1.29, 1.82) is 0 Å². The maximum Gasteiger partial charge on any atom is 0.335 e. The van der Waals surface area contributed by atoms with Crippen molar-refractivity contribution in [1.82, 2.24) is 9.88 Å². The van der Waals surface area contributed by atoms with Crippen LogP contribution < -0.4 is 0 Å². The zero-order valence-corrected chi connectivity index (χ0v) is 18.7. The van der Waals surface area contributed by atoms with Gasteiger partial charge in [-0.2, -0.15) is 0 Å². The van der Waals surface area contributed by atoms with Gasteiger partial charge in [0.15, 0.2) is 0 Å². The molecule has 0 saturated heterocycles. The Kier molecular flexibility index (Phi) is 7.51. The Labute approximate surface area is 181 Å². The third-order valence-electron chi connectivity index (χ3n) is 5.43. The minimum Gasteiger partial charge on any atom is -0.478 e. The Morgan fingerprint density at radius 1 is 1.10 bits per heavy atom. The van der Waals surface area contributed by atoms with Gasteiger partial charge in [0.25, 0.3) is 0 Å². The fraction of sp³-hybridized carbons (Fsp3) is 0.375. The normalized spacial score (nSPS) is 15.2. The molecule has 1 heterocycles. The number of hydrogen-bond acceptors (Lipinski definition) is 2. The molecule has 0 saturated carbocycles. The molecule has 29 heavy (non-hydrogen) atoms. The number of nitrogens with zero attached hydrogens (tertiary/aromatic N) is 1. The number of rotatable bonds is 6. The molecule has 0 bridgehead atoms. The fourth-order valence-corrected chi connectivity index (χ4v) is 4.65. The van der Waals surface area contributed by atoms with Gasteiger partial charge in [0, 0.05) is 27.6 Å². The zero-order chi connectivity index (χ0) is 20.8. The Morgan fingerprint density at radius 3 is 2.38 bits per heavy atom. The van der Waals surface area contributed by atoms with E-state index in [1.807, 2.05) is 0 Å². The lowest BCUT2D eigenvalue weighted by atomic mass is 9.88. The van der Waals surface area contributed by atoms with Gasteiger partial charge in [-0.05, 0) is 74.2 Å². The molecule has 1 unspecified atom stereocenters. The molecule has 0 amide bonds. The molecule has 154 valence electrons. The van der Waals surface area contributed by atoms with Crippen LogP contribution >= 0.6 is 15.9 Å². The van der Waals surface area contributed by atoms with E-state index >= 15 is 0 Å². The van der Waals surface area contributed by atoms with Crippen LogP contribution in [-0.4, -0.2) is 40.1 Å². The third-order valence-corrected chi connectivity index (χ3v) is 6.18. The number of carbonyl (C=O) groups is 1. The number of aromatic nitrogens is 1. The summed E-state index contributed by atoms with van der Waals surface area (Å²) in [6.45, 7) is 6.99. The van der Waals surface area contributed by atoms with Gasteiger partial charge in [-0.1, -0.05) is 48.0 Å². The highest BCUT2D eigenvalue weighted by molar-refractivity contribution is 9.10. The molecule has 2 N–H and O–H groups in total. The number of halogens is 1. The lowest BCUT2D eigenvalue weighted by Crippen LogP contribution is -2.41. The molecule has 5 heteroatoms. The molecule has 4 nitrogen and oxygen atoms in total. The first-order valence-electron chi connectivity index (χ1n) is 10.3. The molecule has 2 aromatic carbocycles. The molecule has 1 aromatic heterocycles. The molecule has 4 rings (SSSR count). The molecule has 1 aliphatic rings. The van der Waals surface area contributed by atoms with E-state index in [1.165, 1.54) is 65.3 Å². The van der Waals surface area contributed by atoms with Gasteiger partial charge >= 0.3 is 5.97 Å². The standard InChI is InChI=1S/C17H23BrN2.C7H6O2/c1-3-7-20(8-4-2)13-9-12-11-19-16-6-5-15(18)14(10-13)17(12)16;8-7(9)6-4-2-1-3-5-6/h5-6,11,13,19H,3-4,7-10H2,1-2H3;1-5H,(H,8,9). The number of aromatic amines is 1. The molecule has 1 atom stereocenters. The topological polar surface area (TPSA) is 56.3 Å². The number of carboxylic acids is 1. The van der Waals surface area contributed by atoms with Crippen LogP contribution in [0.5, 0.6) is 0 Å². The summed E-state index contributed by atoms with van der Waals surface area (Å²) in [6.07, 6.45) is 7.04. The fourth-order valence-electron chi connectivity index (χ4n) is 4.16. The number of benzene rings is 2. The van der Waals surface area contributed by atoms with Gasteiger partial charge in [-0.25, -0.2) is 4.79 Å². The van der Waals surface area contributed by atoms with E-state index in [-0.39, 0.29) is 0 Å². The smallest absolute Gasteiger partial charge is 0.335 e. The summed E-state index contributed by atoms with van der Waals surface area (Å²) in [5.74, 6) is -0.879. The van der Waals surface area contributed by atoms with Gasteiger partial charge in [0.05, 0.1) is 5.56 Å². The van der Waals surface area contributed by atoms with Crippen LogP contribution in [0.2, 0.25) is 0 Å². The molecule has 3 aromatic rings. The van der Waals surface area contributed by atoms with E-state index in [2.05, 4.69) is 58.0 Å². The number of carboxylic acid groups (broad SMARTS) is 1. The average Bonchev–Trinajstić information content (AvgIpc) is 3.15. The first-order chi connectivity index (χ1) is 14.0. The number of H-pyrrole nitrogens is 1. The highest BCUT2D eigenvalue weighted by atomic mass is 79.9. The van der Waals surface area contributed by atoms with Gasteiger partial charge < -0.3 is 10.1 Å². The molecular formula is C24H29BrN2O2. The highest BCUT2D eigenvalue weighted by Gasteiger charge is 2.27. The van der Waals surface area contributed by atoms with Gasteiger partial charge in [-0.3, -0.25) is 4.90 Å². The van der Waals surface area contributed by atoms with Crippen molar-refractivity contribution in [3.63, 3.8) is 0 Å². The van der Waals surface area contributed by atoms with E-state index in [4.69, 9.17) is 5.11 Å². The van der Waals surface area contributed by atoms with Crippen molar-refractivity contribution < 1.29 is 9.90 Å². The summed E-state index contributed by atoms with van der Waals surface area (Å²) < 4.78 is 1.27. The first-order valence-corrected chi connectivity index (χ1v) is 11.1. The van der Waals surface area contributed by atoms with Gasteiger partial charge in [0.2, 0.25) is 0 Å². The van der Waals surface area contributed by atoms with Crippen LogP contribution in [0.3, 0.4) is 0 Å². The van der Waals surface area contributed by atoms with E-state index in [0.29, 0.717) is 11.6 Å². The third kappa shape index (κ3) is 5.09. The zero-order valence-electron chi connectivity index (χ0n) is 17.1. The minimum absolute atomic E-state index is 0.331. The van der Waals surface area contributed by atoms with E-state index in [1.54, 1.807) is 30.3 Å². The van der Waals surface area contributed by atoms with E-state index in [9.17, 15) is 4.79 Å². The van der Waals surface area contributed by atoms with Crippen molar-refractivity contribution in [2.45, 2.75) is 45.6 Å². The molecule has 0 radical (unpaired) electrons. The van der Waals surface area contributed by atoms with Crippen molar-refractivity contribution in [2.75, 3.05) is 13.1 Å². The first kappa shape index (κ1) is 21.6. The average molecular weight is 457 g/mol. The molecule has 0 spiro atoms. The minimum atomic E-state index is -0.879.